The summed E-state index contributed by atoms with van der Waals surface area (Å²) in [6, 6.07) is 20.9. The average Bonchev–Trinajstić information content (AvgIpc) is 2.81. The van der Waals surface area contributed by atoms with E-state index in [1.807, 2.05) is 12.1 Å². The molecule has 0 bridgehead atoms. The van der Waals surface area contributed by atoms with Crippen molar-refractivity contribution in [2.45, 2.75) is 77.0 Å². The van der Waals surface area contributed by atoms with Crippen LogP contribution < -0.4 is 10.4 Å². The summed E-state index contributed by atoms with van der Waals surface area (Å²) >= 11 is 0. The fraction of sp³-hybridized carbons (Fsp3) is 0.464. The minimum Gasteiger partial charge on any atom is -0.466 e. The summed E-state index contributed by atoms with van der Waals surface area (Å²) in [5.41, 5.74) is 0. The summed E-state index contributed by atoms with van der Waals surface area (Å²) in [4.78, 5) is 11.7. The lowest BCUT2D eigenvalue weighted by Crippen LogP contribution is -2.68. The van der Waals surface area contributed by atoms with E-state index >= 15 is 0 Å². The zero-order chi connectivity index (χ0) is 24.3. The Labute approximate surface area is 200 Å². The molecular weight excluding hydrogens is 428 g/mol. The summed E-state index contributed by atoms with van der Waals surface area (Å²) in [6.07, 6.45) is 6.33. The molecule has 2 aromatic carbocycles. The predicted octanol–water partition coefficient (Wildman–Crippen LogP) is 4.99. The van der Waals surface area contributed by atoms with Crippen LogP contribution in [0.5, 0.6) is 0 Å². The molecule has 0 spiro atoms. The molecule has 2 atom stereocenters. The quantitative estimate of drug-likeness (QED) is 0.206. The number of carbonyl (C=O) groups is 1. The van der Waals surface area contributed by atoms with Crippen LogP contribution in [0.3, 0.4) is 0 Å². The van der Waals surface area contributed by atoms with E-state index in [1.165, 1.54) is 23.6 Å². The normalized spacial score (nSPS) is 14.2. The van der Waals surface area contributed by atoms with Gasteiger partial charge in [-0.1, -0.05) is 114 Å². The molecule has 180 valence electrons. The molecule has 0 aliphatic carbocycles. The monoisotopic (exact) mass is 468 g/mol. The molecule has 2 rings (SSSR count). The van der Waals surface area contributed by atoms with Gasteiger partial charge in [0.25, 0.3) is 8.32 Å². The minimum absolute atomic E-state index is 0.191. The van der Waals surface area contributed by atoms with E-state index < -0.39 is 26.5 Å². The Kier molecular flexibility index (Phi) is 10.5. The van der Waals surface area contributed by atoms with Crippen LogP contribution in [0, 0.1) is 0 Å². The molecule has 0 aliphatic rings. The maximum absolute atomic E-state index is 11.7. The van der Waals surface area contributed by atoms with Crippen LogP contribution >= 0.6 is 0 Å². The third-order valence-corrected chi connectivity index (χ3v) is 11.2. The number of aliphatic hydroxyl groups excluding tert-OH is 1. The van der Waals surface area contributed by atoms with Crippen molar-refractivity contribution < 1.29 is 19.1 Å². The van der Waals surface area contributed by atoms with Gasteiger partial charge in [-0.3, -0.25) is 0 Å². The van der Waals surface area contributed by atoms with Crippen molar-refractivity contribution in [3.63, 3.8) is 0 Å². The highest BCUT2D eigenvalue weighted by atomic mass is 28.4. The highest BCUT2D eigenvalue weighted by molar-refractivity contribution is 6.99. The van der Waals surface area contributed by atoms with Gasteiger partial charge >= 0.3 is 5.97 Å². The van der Waals surface area contributed by atoms with Gasteiger partial charge in [0, 0.05) is 6.08 Å². The number of methoxy groups -OCH3 is 1. The molecule has 0 aromatic heterocycles. The molecule has 4 nitrogen and oxygen atoms in total. The number of rotatable bonds is 12. The van der Waals surface area contributed by atoms with Gasteiger partial charge in [0.05, 0.1) is 19.3 Å². The summed E-state index contributed by atoms with van der Waals surface area (Å²) in [5, 5.41) is 13.4. The Morgan fingerprint density at radius 3 is 2.00 bits per heavy atom. The number of unbranched alkanes of at least 4 members (excludes halogenated alkanes) is 2. The molecule has 2 aromatic rings. The molecule has 0 saturated heterocycles. The molecule has 0 fully saturated rings. The average molecular weight is 469 g/mol. The van der Waals surface area contributed by atoms with Crippen LogP contribution in [-0.4, -0.2) is 38.7 Å². The lowest BCUT2D eigenvalue weighted by Gasteiger charge is -2.46. The number of hydrogen-bond acceptors (Lipinski definition) is 4. The molecule has 0 amide bonds. The largest absolute Gasteiger partial charge is 0.466 e. The summed E-state index contributed by atoms with van der Waals surface area (Å²) in [5.74, 6) is -0.403. The first-order valence-corrected chi connectivity index (χ1v) is 13.9. The highest BCUT2D eigenvalue weighted by Gasteiger charge is 2.51. The first kappa shape index (κ1) is 27.0. The summed E-state index contributed by atoms with van der Waals surface area (Å²) in [7, 11) is -1.45. The molecule has 0 radical (unpaired) electrons. The number of hydrogen-bond donors (Lipinski definition) is 1. The van der Waals surface area contributed by atoms with Gasteiger partial charge in [-0.25, -0.2) is 4.79 Å². The summed E-state index contributed by atoms with van der Waals surface area (Å²) < 4.78 is 11.9. The Morgan fingerprint density at radius 1 is 1.00 bits per heavy atom. The third-order valence-electron chi connectivity index (χ3n) is 6.10. The Hall–Kier alpha value is -2.21. The molecular formula is C28H40O4Si. The van der Waals surface area contributed by atoms with Gasteiger partial charge in [-0.2, -0.15) is 0 Å². The van der Waals surface area contributed by atoms with Gasteiger partial charge < -0.3 is 14.3 Å². The van der Waals surface area contributed by atoms with E-state index in [0.717, 1.165) is 19.3 Å². The van der Waals surface area contributed by atoms with E-state index in [-0.39, 0.29) is 5.04 Å². The minimum atomic E-state index is -2.82. The lowest BCUT2D eigenvalue weighted by molar-refractivity contribution is -0.134. The summed E-state index contributed by atoms with van der Waals surface area (Å²) in [6.45, 7) is 8.83. The van der Waals surface area contributed by atoms with Gasteiger partial charge in [0.2, 0.25) is 0 Å². The Balaban J connectivity index is 2.55. The standard InChI is InChI=1S/C28H40O4Si/c1-6-7-10-20-25(29)26(21-15-22-27(30)31-5)32-33(28(2,3)4,23-16-11-8-12-17-23)24-18-13-9-14-19-24/h8-9,11-19,22,25-26,29H,6-7,10,20-21H2,1-5H3/b22-15+/t25?,26-/m0/s1. The number of aliphatic hydroxyl groups is 1. The van der Waals surface area contributed by atoms with E-state index in [4.69, 9.17) is 9.16 Å². The molecule has 0 saturated carbocycles. The molecule has 0 aliphatic heterocycles. The third kappa shape index (κ3) is 7.13. The first-order valence-electron chi connectivity index (χ1n) is 12.0. The van der Waals surface area contributed by atoms with Gasteiger partial charge in [0.1, 0.15) is 0 Å². The molecule has 0 heterocycles. The van der Waals surface area contributed by atoms with Gasteiger partial charge in [-0.05, 0) is 28.3 Å². The fourth-order valence-corrected chi connectivity index (χ4v) is 9.08. The maximum atomic E-state index is 11.7. The zero-order valence-corrected chi connectivity index (χ0v) is 21.8. The Bertz CT molecular complexity index is 819. The number of benzene rings is 2. The molecule has 1 N–H and O–H groups in total. The smallest absolute Gasteiger partial charge is 0.330 e. The van der Waals surface area contributed by atoms with Crippen molar-refractivity contribution in [3.05, 3.63) is 72.8 Å². The lowest BCUT2D eigenvalue weighted by atomic mass is 10.0. The number of ether oxygens (including phenoxy) is 1. The van der Waals surface area contributed by atoms with Crippen molar-refractivity contribution in [2.75, 3.05) is 7.11 Å². The van der Waals surface area contributed by atoms with Gasteiger partial charge in [-0.15, -0.1) is 0 Å². The van der Waals surface area contributed by atoms with E-state index in [0.29, 0.717) is 12.8 Å². The van der Waals surface area contributed by atoms with Crippen molar-refractivity contribution in [2.24, 2.45) is 0 Å². The maximum Gasteiger partial charge on any atom is 0.330 e. The molecule has 5 heteroatoms. The van der Waals surface area contributed by atoms with Gasteiger partial charge in [0.15, 0.2) is 0 Å². The number of esters is 1. The zero-order valence-electron chi connectivity index (χ0n) is 20.8. The molecule has 33 heavy (non-hydrogen) atoms. The Morgan fingerprint density at radius 2 is 1.55 bits per heavy atom. The van der Waals surface area contributed by atoms with E-state index in [1.54, 1.807) is 6.08 Å². The van der Waals surface area contributed by atoms with Crippen molar-refractivity contribution in [1.82, 2.24) is 0 Å². The second-order valence-electron chi connectivity index (χ2n) is 9.54. The fourth-order valence-electron chi connectivity index (χ4n) is 4.36. The predicted molar refractivity (Wildman–Crippen MR) is 138 cm³/mol. The van der Waals surface area contributed by atoms with Crippen LogP contribution in [0.4, 0.5) is 0 Å². The second kappa shape index (κ2) is 12.9. The topological polar surface area (TPSA) is 55.8 Å². The van der Waals surface area contributed by atoms with E-state index in [9.17, 15) is 9.90 Å². The SMILES string of the molecule is CCCCCC(O)[C@H](C/C=C/C(=O)OC)O[Si](c1ccccc1)(c1ccccc1)C(C)(C)C. The first-order chi connectivity index (χ1) is 15.8. The van der Waals surface area contributed by atoms with Crippen LogP contribution in [0.1, 0.15) is 59.8 Å². The van der Waals surface area contributed by atoms with Crippen molar-refractivity contribution in [3.8, 4) is 0 Å². The van der Waals surface area contributed by atoms with Crippen LogP contribution in [0.2, 0.25) is 5.04 Å². The number of carbonyl (C=O) groups excluding carboxylic acids is 1. The highest BCUT2D eigenvalue weighted by Crippen LogP contribution is 2.38. The van der Waals surface area contributed by atoms with Crippen LogP contribution in [0.25, 0.3) is 0 Å². The van der Waals surface area contributed by atoms with Crippen LogP contribution in [0.15, 0.2) is 72.8 Å². The van der Waals surface area contributed by atoms with E-state index in [2.05, 4.69) is 76.2 Å². The van der Waals surface area contributed by atoms with Crippen molar-refractivity contribution >= 4 is 24.7 Å². The molecule has 1 unspecified atom stereocenters. The van der Waals surface area contributed by atoms with Crippen LogP contribution in [-0.2, 0) is 14.0 Å². The van der Waals surface area contributed by atoms with Crippen molar-refractivity contribution in [1.29, 1.82) is 0 Å². The second-order valence-corrected chi connectivity index (χ2v) is 13.8.